The van der Waals surface area contributed by atoms with Gasteiger partial charge in [-0.25, -0.2) is 0 Å². The largest absolute Gasteiger partial charge is 0.394 e. The van der Waals surface area contributed by atoms with Crippen LogP contribution < -0.4 is 5.32 Å². The van der Waals surface area contributed by atoms with Gasteiger partial charge in [0.25, 0.3) is 0 Å². The fourth-order valence-electron chi connectivity index (χ4n) is 2.52. The van der Waals surface area contributed by atoms with Crippen LogP contribution in [-0.4, -0.2) is 37.5 Å². The zero-order valence-electron chi connectivity index (χ0n) is 10.9. The van der Waals surface area contributed by atoms with E-state index in [1.165, 1.54) is 24.0 Å². The van der Waals surface area contributed by atoms with Crippen LogP contribution in [0.15, 0.2) is 24.3 Å². The summed E-state index contributed by atoms with van der Waals surface area (Å²) in [6, 6.07) is 9.36. The molecule has 18 heavy (non-hydrogen) atoms. The summed E-state index contributed by atoms with van der Waals surface area (Å²) in [5.41, 5.74) is 3.01. The van der Waals surface area contributed by atoms with Crippen LogP contribution in [0, 0.1) is 0 Å². The van der Waals surface area contributed by atoms with E-state index in [1.807, 2.05) is 0 Å². The zero-order valence-corrected chi connectivity index (χ0v) is 10.9. The second-order valence-electron chi connectivity index (χ2n) is 4.85. The molecule has 0 spiro atoms. The van der Waals surface area contributed by atoms with E-state index < -0.39 is 0 Å². The first-order valence-electron chi connectivity index (χ1n) is 6.89. The number of aliphatic hydroxyl groups is 1. The maximum atomic E-state index is 8.58. The molecule has 1 unspecified atom stereocenters. The summed E-state index contributed by atoms with van der Waals surface area (Å²) < 4.78 is 5.24. The number of hydrogen-bond donors (Lipinski definition) is 2. The quantitative estimate of drug-likeness (QED) is 0.720. The molecule has 0 heterocycles. The molecule has 1 aromatic rings. The molecule has 0 fully saturated rings. The zero-order chi connectivity index (χ0) is 12.6. The molecule has 1 atom stereocenters. The summed E-state index contributed by atoms with van der Waals surface area (Å²) in [7, 11) is 0. The Balaban J connectivity index is 1.64. The molecule has 100 valence electrons. The minimum absolute atomic E-state index is 0.118. The monoisotopic (exact) mass is 249 g/mol. The lowest BCUT2D eigenvalue weighted by molar-refractivity contribution is 0.0903. The summed E-state index contributed by atoms with van der Waals surface area (Å²) in [5, 5.41) is 12.2. The van der Waals surface area contributed by atoms with Gasteiger partial charge in [-0.3, -0.25) is 0 Å². The van der Waals surface area contributed by atoms with Crippen LogP contribution in [0.5, 0.6) is 0 Å². The molecule has 0 bridgehead atoms. The lowest BCUT2D eigenvalue weighted by Crippen LogP contribution is -2.35. The van der Waals surface area contributed by atoms with Gasteiger partial charge < -0.3 is 15.2 Å². The second kappa shape index (κ2) is 7.52. The lowest BCUT2D eigenvalue weighted by atomic mass is 9.88. The Bertz CT molecular complexity index is 354. The predicted molar refractivity (Wildman–Crippen MR) is 72.8 cm³/mol. The Morgan fingerprint density at radius 2 is 2.06 bits per heavy atom. The third-order valence-corrected chi connectivity index (χ3v) is 3.48. The topological polar surface area (TPSA) is 41.5 Å². The van der Waals surface area contributed by atoms with Crippen molar-refractivity contribution in [3.63, 3.8) is 0 Å². The standard InChI is InChI=1S/C15H23NO2/c17-9-11-18-10-3-8-16-15-7-6-13-4-1-2-5-14(13)12-15/h1-2,4-5,15-17H,3,6-12H2. The first kappa shape index (κ1) is 13.5. The van der Waals surface area contributed by atoms with E-state index in [0.717, 1.165) is 26.0 Å². The summed E-state index contributed by atoms with van der Waals surface area (Å²) in [6.45, 7) is 2.30. The fourth-order valence-corrected chi connectivity index (χ4v) is 2.52. The van der Waals surface area contributed by atoms with E-state index in [1.54, 1.807) is 0 Å². The van der Waals surface area contributed by atoms with Crippen molar-refractivity contribution in [1.82, 2.24) is 5.32 Å². The third-order valence-electron chi connectivity index (χ3n) is 3.48. The number of nitrogens with one attached hydrogen (secondary N) is 1. The Morgan fingerprint density at radius 1 is 1.22 bits per heavy atom. The molecule has 3 nitrogen and oxygen atoms in total. The smallest absolute Gasteiger partial charge is 0.0697 e. The molecule has 1 aliphatic rings. The van der Waals surface area contributed by atoms with Gasteiger partial charge in [-0.15, -0.1) is 0 Å². The first-order valence-corrected chi connectivity index (χ1v) is 6.89. The van der Waals surface area contributed by atoms with Gasteiger partial charge in [-0.1, -0.05) is 24.3 Å². The van der Waals surface area contributed by atoms with Crippen LogP contribution in [0.2, 0.25) is 0 Å². The van der Waals surface area contributed by atoms with Gasteiger partial charge in [0.2, 0.25) is 0 Å². The van der Waals surface area contributed by atoms with Gasteiger partial charge in [0.1, 0.15) is 0 Å². The van der Waals surface area contributed by atoms with Crippen molar-refractivity contribution in [3.8, 4) is 0 Å². The Labute approximate surface area is 109 Å². The SMILES string of the molecule is OCCOCCCNC1CCc2ccccc2C1. The highest BCUT2D eigenvalue weighted by Crippen LogP contribution is 2.20. The molecule has 0 aliphatic heterocycles. The molecular weight excluding hydrogens is 226 g/mol. The third kappa shape index (κ3) is 4.09. The number of rotatable bonds is 7. The maximum absolute atomic E-state index is 8.58. The average molecular weight is 249 g/mol. The van der Waals surface area contributed by atoms with Crippen molar-refractivity contribution in [2.45, 2.75) is 31.7 Å². The number of benzene rings is 1. The normalized spacial score (nSPS) is 18.6. The highest BCUT2D eigenvalue weighted by atomic mass is 16.5. The van der Waals surface area contributed by atoms with Crippen LogP contribution in [0.25, 0.3) is 0 Å². The molecular formula is C15H23NO2. The van der Waals surface area contributed by atoms with Crippen molar-refractivity contribution < 1.29 is 9.84 Å². The molecule has 0 amide bonds. The molecule has 0 saturated heterocycles. The van der Waals surface area contributed by atoms with Crippen LogP contribution in [-0.2, 0) is 17.6 Å². The van der Waals surface area contributed by atoms with Crippen molar-refractivity contribution in [2.24, 2.45) is 0 Å². The van der Waals surface area contributed by atoms with Crippen molar-refractivity contribution in [3.05, 3.63) is 35.4 Å². The summed E-state index contributed by atoms with van der Waals surface area (Å²) in [5.74, 6) is 0. The Kier molecular flexibility index (Phi) is 5.65. The molecule has 0 saturated carbocycles. The number of ether oxygens (including phenoxy) is 1. The van der Waals surface area contributed by atoms with Gasteiger partial charge in [-0.2, -0.15) is 0 Å². The Hall–Kier alpha value is -0.900. The minimum atomic E-state index is 0.118. The summed E-state index contributed by atoms with van der Waals surface area (Å²) >= 11 is 0. The number of fused-ring (bicyclic) bond motifs is 1. The average Bonchev–Trinajstić information content (AvgIpc) is 2.42. The highest BCUT2D eigenvalue weighted by Gasteiger charge is 2.16. The predicted octanol–water partition coefficient (Wildman–Crippen LogP) is 1.53. The molecule has 0 aromatic heterocycles. The van der Waals surface area contributed by atoms with Gasteiger partial charge in [-0.05, 0) is 43.4 Å². The number of aliphatic hydroxyl groups excluding tert-OH is 1. The maximum Gasteiger partial charge on any atom is 0.0697 e. The van der Waals surface area contributed by atoms with Gasteiger partial charge in [0.15, 0.2) is 0 Å². The van der Waals surface area contributed by atoms with Crippen molar-refractivity contribution >= 4 is 0 Å². The van der Waals surface area contributed by atoms with E-state index in [9.17, 15) is 0 Å². The van der Waals surface area contributed by atoms with E-state index in [-0.39, 0.29) is 6.61 Å². The first-order chi connectivity index (χ1) is 8.90. The summed E-state index contributed by atoms with van der Waals surface area (Å²) in [4.78, 5) is 0. The second-order valence-corrected chi connectivity index (χ2v) is 4.85. The van der Waals surface area contributed by atoms with Crippen LogP contribution >= 0.6 is 0 Å². The summed E-state index contributed by atoms with van der Waals surface area (Å²) in [6.07, 6.45) is 4.58. The Morgan fingerprint density at radius 3 is 2.89 bits per heavy atom. The van der Waals surface area contributed by atoms with E-state index in [0.29, 0.717) is 12.6 Å². The molecule has 2 N–H and O–H groups in total. The lowest BCUT2D eigenvalue weighted by Gasteiger charge is -2.25. The van der Waals surface area contributed by atoms with E-state index in [4.69, 9.17) is 9.84 Å². The minimum Gasteiger partial charge on any atom is -0.394 e. The van der Waals surface area contributed by atoms with E-state index in [2.05, 4.69) is 29.6 Å². The molecule has 2 rings (SSSR count). The van der Waals surface area contributed by atoms with Crippen molar-refractivity contribution in [2.75, 3.05) is 26.4 Å². The van der Waals surface area contributed by atoms with Gasteiger partial charge in [0.05, 0.1) is 13.2 Å². The van der Waals surface area contributed by atoms with Crippen LogP contribution in [0.3, 0.4) is 0 Å². The van der Waals surface area contributed by atoms with E-state index >= 15 is 0 Å². The highest BCUT2D eigenvalue weighted by molar-refractivity contribution is 5.30. The van der Waals surface area contributed by atoms with Crippen molar-refractivity contribution in [1.29, 1.82) is 0 Å². The number of hydrogen-bond acceptors (Lipinski definition) is 3. The van der Waals surface area contributed by atoms with Gasteiger partial charge >= 0.3 is 0 Å². The number of aryl methyl sites for hydroxylation is 1. The molecule has 1 aromatic carbocycles. The molecule has 3 heteroatoms. The van der Waals surface area contributed by atoms with Crippen LogP contribution in [0.4, 0.5) is 0 Å². The molecule has 0 radical (unpaired) electrons. The molecule has 1 aliphatic carbocycles. The fraction of sp³-hybridized carbons (Fsp3) is 0.600. The van der Waals surface area contributed by atoms with Crippen LogP contribution in [0.1, 0.15) is 24.0 Å². The van der Waals surface area contributed by atoms with Gasteiger partial charge in [0, 0.05) is 12.6 Å².